The smallest absolute Gasteiger partial charge is 0.159 e. The quantitative estimate of drug-likeness (QED) is 0.768. The molecule has 0 spiro atoms. The number of fused-ring (bicyclic) bond motifs is 1. The molecule has 2 heterocycles. The van der Waals surface area contributed by atoms with Gasteiger partial charge in [0.1, 0.15) is 5.15 Å². The lowest BCUT2D eigenvalue weighted by molar-refractivity contribution is 0.244. The van der Waals surface area contributed by atoms with Crippen LogP contribution in [0.3, 0.4) is 0 Å². The van der Waals surface area contributed by atoms with Gasteiger partial charge < -0.3 is 10.4 Å². The molecule has 0 fully saturated rings. The molecule has 6 heteroatoms. The van der Waals surface area contributed by atoms with Crippen LogP contribution in [0.4, 0.5) is 0 Å². The second kappa shape index (κ2) is 7.40. The molecule has 22 heavy (non-hydrogen) atoms. The number of aromatic nitrogens is 3. The Labute approximate surface area is 136 Å². The number of hydrogen-bond acceptors (Lipinski definition) is 4. The number of aliphatic hydroxyl groups excluding tert-OH is 1. The molecule has 2 aromatic rings. The zero-order valence-corrected chi connectivity index (χ0v) is 14.4. The fraction of sp³-hybridized carbons (Fsp3) is 0.625. The highest BCUT2D eigenvalue weighted by Gasteiger charge is 2.15. The molecular formula is C16H25ClN4O. The predicted molar refractivity (Wildman–Crippen MR) is 90.1 cm³/mol. The third-order valence-corrected chi connectivity index (χ3v) is 4.21. The van der Waals surface area contributed by atoms with Crippen molar-refractivity contribution in [3.63, 3.8) is 0 Å². The predicted octanol–water partition coefficient (Wildman–Crippen LogP) is 3.16. The van der Waals surface area contributed by atoms with E-state index < -0.39 is 0 Å². The lowest BCUT2D eigenvalue weighted by Gasteiger charge is -2.21. The fourth-order valence-corrected chi connectivity index (χ4v) is 2.75. The molecular weight excluding hydrogens is 300 g/mol. The normalized spacial score (nSPS) is 13.5. The first-order valence-electron chi connectivity index (χ1n) is 7.81. The molecule has 0 bridgehead atoms. The minimum absolute atomic E-state index is 0.183. The van der Waals surface area contributed by atoms with E-state index in [4.69, 9.17) is 16.7 Å². The summed E-state index contributed by atoms with van der Waals surface area (Å²) in [5.41, 5.74) is 1.78. The van der Waals surface area contributed by atoms with Gasteiger partial charge in [0.25, 0.3) is 0 Å². The van der Waals surface area contributed by atoms with Gasteiger partial charge in [0.05, 0.1) is 6.20 Å². The molecule has 1 atom stereocenters. The molecule has 0 amide bonds. The third-order valence-electron chi connectivity index (χ3n) is 3.88. The van der Waals surface area contributed by atoms with E-state index in [2.05, 4.69) is 43.1 Å². The summed E-state index contributed by atoms with van der Waals surface area (Å²) in [4.78, 5) is 4.50. The van der Waals surface area contributed by atoms with E-state index in [1.807, 2.05) is 16.9 Å². The Kier molecular flexibility index (Phi) is 5.78. The van der Waals surface area contributed by atoms with Gasteiger partial charge in [-0.05, 0) is 32.3 Å². The monoisotopic (exact) mass is 324 g/mol. The third kappa shape index (κ3) is 3.77. The Morgan fingerprint density at radius 2 is 2.05 bits per heavy atom. The van der Waals surface area contributed by atoms with E-state index in [1.54, 1.807) is 0 Å². The molecule has 5 nitrogen and oxygen atoms in total. The van der Waals surface area contributed by atoms with E-state index in [0.29, 0.717) is 17.6 Å². The van der Waals surface area contributed by atoms with Crippen molar-refractivity contribution in [3.05, 3.63) is 23.0 Å². The number of nitrogens with one attached hydrogen (secondary N) is 1. The number of nitrogens with zero attached hydrogens (tertiary/aromatic N) is 3. The zero-order valence-electron chi connectivity index (χ0n) is 13.7. The Bertz CT molecular complexity index is 624. The molecule has 0 aliphatic heterocycles. The van der Waals surface area contributed by atoms with Crippen molar-refractivity contribution in [1.29, 1.82) is 0 Å². The first-order valence-corrected chi connectivity index (χ1v) is 8.18. The summed E-state index contributed by atoms with van der Waals surface area (Å²) >= 11 is 6.34. The van der Waals surface area contributed by atoms with Gasteiger partial charge in [0, 0.05) is 36.2 Å². The lowest BCUT2D eigenvalue weighted by Crippen LogP contribution is -2.34. The fourth-order valence-electron chi connectivity index (χ4n) is 2.55. The van der Waals surface area contributed by atoms with Crippen molar-refractivity contribution in [3.8, 4) is 0 Å². The van der Waals surface area contributed by atoms with E-state index in [1.165, 1.54) is 0 Å². The van der Waals surface area contributed by atoms with E-state index in [-0.39, 0.29) is 18.7 Å². The summed E-state index contributed by atoms with van der Waals surface area (Å²) in [7, 11) is 0. The largest absolute Gasteiger partial charge is 0.396 e. The highest BCUT2D eigenvalue weighted by molar-refractivity contribution is 6.30. The minimum Gasteiger partial charge on any atom is -0.396 e. The van der Waals surface area contributed by atoms with Crippen LogP contribution in [0.2, 0.25) is 5.15 Å². The Balaban J connectivity index is 2.20. The van der Waals surface area contributed by atoms with Gasteiger partial charge in [-0.2, -0.15) is 5.10 Å². The summed E-state index contributed by atoms with van der Waals surface area (Å²) in [5.74, 6) is 0.450. The molecule has 2 aromatic heterocycles. The summed E-state index contributed by atoms with van der Waals surface area (Å²) in [6, 6.07) is 2.55. The first kappa shape index (κ1) is 17.2. The van der Waals surface area contributed by atoms with Crippen molar-refractivity contribution < 1.29 is 5.11 Å². The molecule has 2 N–H and O–H groups in total. The van der Waals surface area contributed by atoms with Crippen LogP contribution in [0, 0.1) is 5.92 Å². The van der Waals surface area contributed by atoms with Crippen LogP contribution in [-0.2, 0) is 6.54 Å². The number of rotatable bonds is 7. The van der Waals surface area contributed by atoms with Gasteiger partial charge in [-0.15, -0.1) is 0 Å². The molecule has 0 aliphatic carbocycles. The first-order chi connectivity index (χ1) is 10.4. The molecule has 0 saturated carbocycles. The van der Waals surface area contributed by atoms with Crippen molar-refractivity contribution >= 4 is 22.6 Å². The summed E-state index contributed by atoms with van der Waals surface area (Å²) in [6.07, 6.45) is 2.56. The summed E-state index contributed by atoms with van der Waals surface area (Å²) in [6.45, 7) is 9.24. The molecule has 0 radical (unpaired) electrons. The van der Waals surface area contributed by atoms with Gasteiger partial charge in [-0.25, -0.2) is 9.67 Å². The molecule has 122 valence electrons. The topological polar surface area (TPSA) is 63.0 Å². The lowest BCUT2D eigenvalue weighted by atomic mass is 10.0. The van der Waals surface area contributed by atoms with Crippen molar-refractivity contribution in [2.24, 2.45) is 5.92 Å². The maximum atomic E-state index is 9.14. The molecule has 0 aliphatic rings. The van der Waals surface area contributed by atoms with Crippen LogP contribution < -0.4 is 5.32 Å². The van der Waals surface area contributed by atoms with Gasteiger partial charge in [0.15, 0.2) is 5.65 Å². The average Bonchev–Trinajstić information content (AvgIpc) is 2.85. The number of hydrogen-bond donors (Lipinski definition) is 2. The van der Waals surface area contributed by atoms with Crippen LogP contribution in [-0.4, -0.2) is 32.5 Å². The van der Waals surface area contributed by atoms with Crippen molar-refractivity contribution in [1.82, 2.24) is 20.1 Å². The standard InChI is InChI=1S/C16H25ClN4O/c1-10(2)14(5-6-22)18-8-12-7-13-9-19-21(11(3)4)16(13)20-15(12)17/h7,9-11,14,18,22H,5-6,8H2,1-4H3. The van der Waals surface area contributed by atoms with Crippen molar-refractivity contribution in [2.45, 2.75) is 52.7 Å². The van der Waals surface area contributed by atoms with Gasteiger partial charge in [-0.3, -0.25) is 0 Å². The molecule has 0 aromatic carbocycles. The zero-order chi connectivity index (χ0) is 16.3. The number of halogens is 1. The molecule has 2 rings (SSSR count). The molecule has 1 unspecified atom stereocenters. The highest BCUT2D eigenvalue weighted by Crippen LogP contribution is 2.22. The summed E-state index contributed by atoms with van der Waals surface area (Å²) in [5, 5.41) is 18.5. The van der Waals surface area contributed by atoms with E-state index in [0.717, 1.165) is 23.0 Å². The second-order valence-corrected chi connectivity index (χ2v) is 6.64. The van der Waals surface area contributed by atoms with Crippen LogP contribution in [0.25, 0.3) is 11.0 Å². The minimum atomic E-state index is 0.183. The van der Waals surface area contributed by atoms with Gasteiger partial charge in [0.2, 0.25) is 0 Å². The maximum absolute atomic E-state index is 9.14. The Morgan fingerprint density at radius 1 is 1.32 bits per heavy atom. The SMILES string of the molecule is CC(C)C(CCO)NCc1cc2cnn(C(C)C)c2nc1Cl. The van der Waals surface area contributed by atoms with Crippen molar-refractivity contribution in [2.75, 3.05) is 6.61 Å². The maximum Gasteiger partial charge on any atom is 0.159 e. The molecule has 0 saturated heterocycles. The average molecular weight is 325 g/mol. The number of pyridine rings is 1. The van der Waals surface area contributed by atoms with Crippen LogP contribution in [0.15, 0.2) is 12.3 Å². The van der Waals surface area contributed by atoms with Gasteiger partial charge in [-0.1, -0.05) is 25.4 Å². The van der Waals surface area contributed by atoms with E-state index >= 15 is 0 Å². The Morgan fingerprint density at radius 3 is 2.64 bits per heavy atom. The van der Waals surface area contributed by atoms with E-state index in [9.17, 15) is 0 Å². The van der Waals surface area contributed by atoms with Crippen LogP contribution in [0.5, 0.6) is 0 Å². The van der Waals surface area contributed by atoms with Crippen LogP contribution >= 0.6 is 11.6 Å². The second-order valence-electron chi connectivity index (χ2n) is 6.28. The Hall–Kier alpha value is -1.17. The van der Waals surface area contributed by atoms with Gasteiger partial charge >= 0.3 is 0 Å². The summed E-state index contributed by atoms with van der Waals surface area (Å²) < 4.78 is 1.88. The van der Waals surface area contributed by atoms with Crippen LogP contribution in [0.1, 0.15) is 45.7 Å². The number of aliphatic hydroxyl groups is 1. The highest BCUT2D eigenvalue weighted by atomic mass is 35.5.